The topological polar surface area (TPSA) is 72.2 Å². The molecule has 0 aliphatic carbocycles. The van der Waals surface area contributed by atoms with Crippen molar-refractivity contribution in [2.45, 2.75) is 13.0 Å². The number of nitrogens with one attached hydrogen (secondary N) is 1. The molecule has 14 heavy (non-hydrogen) atoms. The molecule has 0 saturated carbocycles. The van der Waals surface area contributed by atoms with Gasteiger partial charge in [0, 0.05) is 6.92 Å². The molecule has 0 unspecified atom stereocenters. The summed E-state index contributed by atoms with van der Waals surface area (Å²) in [4.78, 5) is 21.9. The number of hydrogen-bond acceptors (Lipinski definition) is 2. The van der Waals surface area contributed by atoms with E-state index in [0.717, 1.165) is 0 Å². The molecule has 4 heteroatoms. The van der Waals surface area contributed by atoms with Crippen LogP contribution in [0.5, 0.6) is 0 Å². The number of amides is 2. The Hall–Kier alpha value is -1.84. The zero-order chi connectivity index (χ0) is 10.6. The summed E-state index contributed by atoms with van der Waals surface area (Å²) in [5, 5.41) is 2.48. The summed E-state index contributed by atoms with van der Waals surface area (Å²) < 4.78 is 0. The second kappa shape index (κ2) is 4.41. The predicted molar refractivity (Wildman–Crippen MR) is 52.2 cm³/mol. The van der Waals surface area contributed by atoms with Crippen molar-refractivity contribution < 1.29 is 9.59 Å². The lowest BCUT2D eigenvalue weighted by molar-refractivity contribution is -0.126. The van der Waals surface area contributed by atoms with Crippen molar-refractivity contribution in [3.63, 3.8) is 0 Å². The highest BCUT2D eigenvalue weighted by Crippen LogP contribution is 2.11. The van der Waals surface area contributed by atoms with Gasteiger partial charge in [-0.3, -0.25) is 9.59 Å². The summed E-state index contributed by atoms with van der Waals surface area (Å²) in [5.74, 6) is -0.843. The maximum Gasteiger partial charge on any atom is 0.244 e. The fourth-order valence-corrected chi connectivity index (χ4v) is 1.17. The third kappa shape index (κ3) is 2.58. The maximum absolute atomic E-state index is 11.0. The van der Waals surface area contributed by atoms with Gasteiger partial charge in [-0.15, -0.1) is 0 Å². The Balaban J connectivity index is 2.89. The third-order valence-electron chi connectivity index (χ3n) is 1.77. The smallest absolute Gasteiger partial charge is 0.244 e. The van der Waals surface area contributed by atoms with E-state index >= 15 is 0 Å². The van der Waals surface area contributed by atoms with Gasteiger partial charge < -0.3 is 11.1 Å². The molecule has 0 aliphatic rings. The van der Waals surface area contributed by atoms with Crippen LogP contribution in [0.4, 0.5) is 0 Å². The average molecular weight is 192 g/mol. The van der Waals surface area contributed by atoms with Crippen molar-refractivity contribution in [1.82, 2.24) is 5.32 Å². The summed E-state index contributed by atoms with van der Waals surface area (Å²) in [6.07, 6.45) is 0. The SMILES string of the molecule is CC(=O)N[C@@H](C(N)=O)c1ccccc1. The van der Waals surface area contributed by atoms with Crippen molar-refractivity contribution in [3.05, 3.63) is 35.9 Å². The first kappa shape index (κ1) is 10.2. The summed E-state index contributed by atoms with van der Waals surface area (Å²) in [6, 6.07) is 8.14. The lowest BCUT2D eigenvalue weighted by Crippen LogP contribution is -2.36. The van der Waals surface area contributed by atoms with E-state index in [4.69, 9.17) is 5.73 Å². The molecule has 0 spiro atoms. The van der Waals surface area contributed by atoms with Crippen LogP contribution in [0, 0.1) is 0 Å². The van der Waals surface area contributed by atoms with Gasteiger partial charge in [0.05, 0.1) is 0 Å². The molecule has 2 amide bonds. The highest BCUT2D eigenvalue weighted by Gasteiger charge is 2.17. The molecule has 1 atom stereocenters. The Labute approximate surface area is 82.1 Å². The van der Waals surface area contributed by atoms with E-state index < -0.39 is 11.9 Å². The van der Waals surface area contributed by atoms with Gasteiger partial charge in [0.25, 0.3) is 0 Å². The van der Waals surface area contributed by atoms with Gasteiger partial charge in [0.2, 0.25) is 11.8 Å². The molecule has 0 bridgehead atoms. The zero-order valence-electron chi connectivity index (χ0n) is 7.86. The molecule has 0 saturated heterocycles. The Bertz CT molecular complexity index is 335. The largest absolute Gasteiger partial charge is 0.368 e. The second-order valence-electron chi connectivity index (χ2n) is 2.95. The van der Waals surface area contributed by atoms with Gasteiger partial charge in [-0.2, -0.15) is 0 Å². The third-order valence-corrected chi connectivity index (χ3v) is 1.77. The molecule has 0 radical (unpaired) electrons. The van der Waals surface area contributed by atoms with Gasteiger partial charge in [-0.05, 0) is 5.56 Å². The standard InChI is InChI=1S/C10H12N2O2/c1-7(13)12-9(10(11)14)8-5-3-2-4-6-8/h2-6,9H,1H3,(H2,11,14)(H,12,13)/t9-/m1/s1. The molecular weight excluding hydrogens is 180 g/mol. The van der Waals surface area contributed by atoms with Crippen LogP contribution >= 0.6 is 0 Å². The van der Waals surface area contributed by atoms with E-state index in [1.165, 1.54) is 6.92 Å². The lowest BCUT2D eigenvalue weighted by atomic mass is 10.1. The normalized spacial score (nSPS) is 11.8. The number of hydrogen-bond donors (Lipinski definition) is 2. The van der Waals surface area contributed by atoms with Gasteiger partial charge >= 0.3 is 0 Å². The van der Waals surface area contributed by atoms with Crippen LogP contribution in [-0.2, 0) is 9.59 Å². The molecule has 3 N–H and O–H groups in total. The average Bonchev–Trinajstić information content (AvgIpc) is 2.15. The summed E-state index contributed by atoms with van der Waals surface area (Å²) in [6.45, 7) is 1.35. The predicted octanol–water partition coefficient (Wildman–Crippen LogP) is 0.349. The summed E-state index contributed by atoms with van der Waals surface area (Å²) >= 11 is 0. The minimum atomic E-state index is -0.742. The molecule has 1 rings (SSSR count). The van der Waals surface area contributed by atoms with E-state index in [-0.39, 0.29) is 5.91 Å². The van der Waals surface area contributed by atoms with Crippen LogP contribution < -0.4 is 11.1 Å². The van der Waals surface area contributed by atoms with Crippen LogP contribution in [-0.4, -0.2) is 11.8 Å². The van der Waals surface area contributed by atoms with E-state index in [9.17, 15) is 9.59 Å². The van der Waals surface area contributed by atoms with Crippen LogP contribution in [0.15, 0.2) is 30.3 Å². The van der Waals surface area contributed by atoms with Crippen LogP contribution in [0.3, 0.4) is 0 Å². The zero-order valence-corrected chi connectivity index (χ0v) is 7.86. The first-order valence-corrected chi connectivity index (χ1v) is 4.22. The van der Waals surface area contributed by atoms with E-state index in [0.29, 0.717) is 5.56 Å². The van der Waals surface area contributed by atoms with Crippen LogP contribution in [0.1, 0.15) is 18.5 Å². The summed E-state index contributed by atoms with van der Waals surface area (Å²) in [7, 11) is 0. The van der Waals surface area contributed by atoms with E-state index in [1.54, 1.807) is 24.3 Å². The monoisotopic (exact) mass is 192 g/mol. The molecule has 0 fully saturated rings. The Kier molecular flexibility index (Phi) is 3.23. The molecule has 1 aromatic rings. The van der Waals surface area contributed by atoms with Gasteiger partial charge in [-0.25, -0.2) is 0 Å². The molecular formula is C10H12N2O2. The number of primary amides is 1. The molecule has 0 aromatic heterocycles. The van der Waals surface area contributed by atoms with E-state index in [1.807, 2.05) is 6.07 Å². The number of benzene rings is 1. The Morgan fingerprint density at radius 2 is 1.86 bits per heavy atom. The highest BCUT2D eigenvalue weighted by molar-refractivity contribution is 5.86. The van der Waals surface area contributed by atoms with Crippen molar-refractivity contribution >= 4 is 11.8 Å². The molecule has 4 nitrogen and oxygen atoms in total. The van der Waals surface area contributed by atoms with E-state index in [2.05, 4.69) is 5.32 Å². The highest BCUT2D eigenvalue weighted by atomic mass is 16.2. The van der Waals surface area contributed by atoms with Crippen molar-refractivity contribution in [2.24, 2.45) is 5.73 Å². The Morgan fingerprint density at radius 3 is 2.29 bits per heavy atom. The van der Waals surface area contributed by atoms with Gasteiger partial charge in [-0.1, -0.05) is 30.3 Å². The minimum absolute atomic E-state index is 0.280. The van der Waals surface area contributed by atoms with Crippen LogP contribution in [0.2, 0.25) is 0 Å². The number of carbonyl (C=O) groups is 2. The van der Waals surface area contributed by atoms with Crippen molar-refractivity contribution in [1.29, 1.82) is 0 Å². The Morgan fingerprint density at radius 1 is 1.29 bits per heavy atom. The van der Waals surface area contributed by atoms with Gasteiger partial charge in [0.15, 0.2) is 0 Å². The molecule has 74 valence electrons. The molecule has 0 aliphatic heterocycles. The minimum Gasteiger partial charge on any atom is -0.368 e. The fraction of sp³-hybridized carbons (Fsp3) is 0.200. The number of nitrogens with two attached hydrogens (primary N) is 1. The van der Waals surface area contributed by atoms with Gasteiger partial charge in [0.1, 0.15) is 6.04 Å². The number of rotatable bonds is 3. The molecule has 0 heterocycles. The lowest BCUT2D eigenvalue weighted by Gasteiger charge is -2.13. The molecule has 1 aromatic carbocycles. The van der Waals surface area contributed by atoms with Crippen molar-refractivity contribution in [2.75, 3.05) is 0 Å². The first-order chi connectivity index (χ1) is 6.61. The maximum atomic E-state index is 11.0. The van der Waals surface area contributed by atoms with Crippen molar-refractivity contribution in [3.8, 4) is 0 Å². The quantitative estimate of drug-likeness (QED) is 0.725. The second-order valence-corrected chi connectivity index (χ2v) is 2.95. The summed E-state index contributed by atoms with van der Waals surface area (Å²) in [5.41, 5.74) is 5.85. The van der Waals surface area contributed by atoms with Crippen LogP contribution in [0.25, 0.3) is 0 Å². The first-order valence-electron chi connectivity index (χ1n) is 4.22. The number of carbonyl (C=O) groups excluding carboxylic acids is 2. The fourth-order valence-electron chi connectivity index (χ4n) is 1.17.